The number of aromatic nitrogens is 5. The van der Waals surface area contributed by atoms with Gasteiger partial charge < -0.3 is 9.42 Å². The Kier molecular flexibility index (Phi) is 4.55. The molecule has 1 aliphatic heterocycles. The molecule has 1 aliphatic rings. The van der Waals surface area contributed by atoms with Crippen molar-refractivity contribution in [2.45, 2.75) is 26.6 Å². The van der Waals surface area contributed by atoms with Crippen molar-refractivity contribution in [2.24, 2.45) is 0 Å². The molecule has 0 radical (unpaired) electrons. The topological polar surface area (TPSA) is 99.0 Å². The van der Waals surface area contributed by atoms with Crippen LogP contribution < -0.4 is 5.69 Å². The van der Waals surface area contributed by atoms with Gasteiger partial charge in [0.2, 0.25) is 17.5 Å². The summed E-state index contributed by atoms with van der Waals surface area (Å²) in [7, 11) is 0. The van der Waals surface area contributed by atoms with Gasteiger partial charge in [0.15, 0.2) is 0 Å². The molecule has 0 spiro atoms. The zero-order chi connectivity index (χ0) is 20.7. The van der Waals surface area contributed by atoms with E-state index < -0.39 is 0 Å². The highest BCUT2D eigenvalue weighted by atomic mass is 32.1. The molecule has 0 aliphatic carbocycles. The third-order valence-corrected chi connectivity index (χ3v) is 5.67. The molecule has 0 atom stereocenters. The van der Waals surface area contributed by atoms with Gasteiger partial charge in [0.05, 0.1) is 0 Å². The molecule has 3 aromatic heterocycles. The molecule has 152 valence electrons. The summed E-state index contributed by atoms with van der Waals surface area (Å²) in [5.74, 6) is 0.598. The van der Waals surface area contributed by atoms with Gasteiger partial charge in [0, 0.05) is 30.6 Å². The Morgan fingerprint density at radius 2 is 2.07 bits per heavy atom. The highest BCUT2D eigenvalue weighted by Gasteiger charge is 2.30. The normalized spacial score (nSPS) is 13.6. The Labute approximate surface area is 175 Å². The second-order valence-corrected chi connectivity index (χ2v) is 7.94. The summed E-state index contributed by atoms with van der Waals surface area (Å²) in [5.41, 5.74) is 2.68. The van der Waals surface area contributed by atoms with Crippen molar-refractivity contribution in [3.63, 3.8) is 0 Å². The number of aryl methyl sites for hydroxylation is 1. The number of rotatable bonds is 5. The Morgan fingerprint density at radius 1 is 1.17 bits per heavy atom. The first-order chi connectivity index (χ1) is 14.6. The zero-order valence-corrected chi connectivity index (χ0v) is 17.0. The maximum absolute atomic E-state index is 12.9. The van der Waals surface area contributed by atoms with Crippen LogP contribution in [0.25, 0.3) is 11.4 Å². The van der Waals surface area contributed by atoms with E-state index >= 15 is 0 Å². The summed E-state index contributed by atoms with van der Waals surface area (Å²) >= 11 is 1.54. The van der Waals surface area contributed by atoms with Gasteiger partial charge in [-0.25, -0.2) is 9.48 Å². The fourth-order valence-electron chi connectivity index (χ4n) is 3.51. The molecule has 1 aromatic carbocycles. The predicted octanol–water partition coefficient (Wildman–Crippen LogP) is 2.17. The lowest BCUT2D eigenvalue weighted by atomic mass is 10.1. The molecule has 30 heavy (non-hydrogen) atoms. The number of thiophene rings is 1. The summed E-state index contributed by atoms with van der Waals surface area (Å²) in [6.07, 6.45) is 0. The summed E-state index contributed by atoms with van der Waals surface area (Å²) in [6, 6.07) is 9.92. The number of hydrogen-bond acceptors (Lipinski definition) is 7. The predicted molar refractivity (Wildman–Crippen MR) is 109 cm³/mol. The van der Waals surface area contributed by atoms with E-state index in [1.807, 2.05) is 48.0 Å². The average molecular weight is 422 g/mol. The number of carbonyl (C=O) groups is 1. The van der Waals surface area contributed by atoms with Crippen LogP contribution in [0.4, 0.5) is 0 Å². The van der Waals surface area contributed by atoms with E-state index in [-0.39, 0.29) is 29.9 Å². The van der Waals surface area contributed by atoms with Crippen molar-refractivity contribution in [3.8, 4) is 11.4 Å². The second kappa shape index (κ2) is 7.38. The first kappa shape index (κ1) is 18.5. The average Bonchev–Trinajstić information content (AvgIpc) is 3.46. The first-order valence-electron chi connectivity index (χ1n) is 9.46. The molecule has 0 fully saturated rings. The van der Waals surface area contributed by atoms with Gasteiger partial charge >= 0.3 is 5.69 Å². The van der Waals surface area contributed by atoms with Gasteiger partial charge in [-0.05, 0) is 23.9 Å². The number of nitrogens with zero attached hydrogens (tertiary/aromatic N) is 6. The van der Waals surface area contributed by atoms with Crippen LogP contribution in [0.15, 0.2) is 50.4 Å². The number of hydrogen-bond donors (Lipinski definition) is 0. The van der Waals surface area contributed by atoms with Gasteiger partial charge in [-0.2, -0.15) is 16.3 Å². The Bertz CT molecular complexity index is 1270. The smallest absolute Gasteiger partial charge is 0.337 e. The van der Waals surface area contributed by atoms with Crippen molar-refractivity contribution >= 4 is 17.2 Å². The minimum Gasteiger partial charge on any atom is -0.337 e. The van der Waals surface area contributed by atoms with Crippen LogP contribution in [0.2, 0.25) is 0 Å². The first-order valence-corrected chi connectivity index (χ1v) is 10.4. The standard InChI is InChI=1S/C20H18N6O3S/c1-13-3-2-4-14(9-13)10-24-6-7-25-18(19(24)27)22-26(20(25)28)11-16-21-17(23-29-16)15-5-8-30-12-15/h2-5,8-9,12H,6-7,10-11H2,1H3. The molecule has 0 N–H and O–H groups in total. The Balaban J connectivity index is 1.37. The van der Waals surface area contributed by atoms with Crippen molar-refractivity contribution in [1.29, 1.82) is 0 Å². The van der Waals surface area contributed by atoms with E-state index in [1.54, 1.807) is 4.90 Å². The van der Waals surface area contributed by atoms with E-state index in [4.69, 9.17) is 4.52 Å². The molecule has 0 unspecified atom stereocenters. The number of fused-ring (bicyclic) bond motifs is 1. The molecule has 1 amide bonds. The van der Waals surface area contributed by atoms with Crippen LogP contribution in [-0.2, 0) is 19.6 Å². The van der Waals surface area contributed by atoms with Crippen LogP contribution in [0.5, 0.6) is 0 Å². The lowest BCUT2D eigenvalue weighted by molar-refractivity contribution is 0.0681. The summed E-state index contributed by atoms with van der Waals surface area (Å²) in [4.78, 5) is 31.7. The highest BCUT2D eigenvalue weighted by Crippen LogP contribution is 2.19. The molecule has 4 aromatic rings. The summed E-state index contributed by atoms with van der Waals surface area (Å²) in [5, 5.41) is 12.0. The molecule has 9 nitrogen and oxygen atoms in total. The van der Waals surface area contributed by atoms with Gasteiger partial charge in [0.1, 0.15) is 6.54 Å². The molecule has 5 rings (SSSR count). The lowest BCUT2D eigenvalue weighted by Gasteiger charge is -2.26. The molecule has 0 saturated heterocycles. The van der Waals surface area contributed by atoms with Gasteiger partial charge in [-0.3, -0.25) is 9.36 Å². The van der Waals surface area contributed by atoms with Crippen LogP contribution in [0.3, 0.4) is 0 Å². The maximum atomic E-state index is 12.9. The fourth-order valence-corrected chi connectivity index (χ4v) is 4.14. The molecular formula is C20H18N6O3S. The number of carbonyl (C=O) groups excluding carboxylic acids is 1. The second-order valence-electron chi connectivity index (χ2n) is 7.15. The third-order valence-electron chi connectivity index (χ3n) is 4.98. The maximum Gasteiger partial charge on any atom is 0.346 e. The number of amides is 1. The van der Waals surface area contributed by atoms with Crippen LogP contribution in [0, 0.1) is 6.92 Å². The van der Waals surface area contributed by atoms with Gasteiger partial charge in [-0.15, -0.1) is 5.10 Å². The van der Waals surface area contributed by atoms with E-state index in [0.717, 1.165) is 16.7 Å². The van der Waals surface area contributed by atoms with Crippen molar-refractivity contribution in [2.75, 3.05) is 6.54 Å². The summed E-state index contributed by atoms with van der Waals surface area (Å²) < 4.78 is 7.87. The van der Waals surface area contributed by atoms with Gasteiger partial charge in [-0.1, -0.05) is 35.0 Å². The zero-order valence-electron chi connectivity index (χ0n) is 16.2. The minimum absolute atomic E-state index is 0.0150. The SMILES string of the molecule is Cc1cccc(CN2CCn3c(nn(Cc4nc(-c5ccsc5)no4)c3=O)C2=O)c1. The highest BCUT2D eigenvalue weighted by molar-refractivity contribution is 7.08. The fraction of sp³-hybridized carbons (Fsp3) is 0.250. The van der Waals surface area contributed by atoms with E-state index in [0.29, 0.717) is 25.5 Å². The Morgan fingerprint density at radius 3 is 2.87 bits per heavy atom. The monoisotopic (exact) mass is 422 g/mol. The molecular weight excluding hydrogens is 404 g/mol. The van der Waals surface area contributed by atoms with Crippen LogP contribution in [-0.4, -0.2) is 41.8 Å². The molecule has 10 heteroatoms. The largest absolute Gasteiger partial charge is 0.346 e. The van der Waals surface area contributed by atoms with Crippen LogP contribution in [0.1, 0.15) is 27.6 Å². The Hall–Kier alpha value is -3.53. The van der Waals surface area contributed by atoms with Gasteiger partial charge in [0.25, 0.3) is 5.91 Å². The molecule has 4 heterocycles. The molecule has 0 bridgehead atoms. The van der Waals surface area contributed by atoms with E-state index in [1.165, 1.54) is 20.6 Å². The third kappa shape index (κ3) is 3.35. The van der Waals surface area contributed by atoms with Crippen molar-refractivity contribution < 1.29 is 9.32 Å². The quantitative estimate of drug-likeness (QED) is 0.489. The summed E-state index contributed by atoms with van der Waals surface area (Å²) in [6.45, 7) is 3.36. The van der Waals surface area contributed by atoms with E-state index in [2.05, 4.69) is 15.2 Å². The van der Waals surface area contributed by atoms with Crippen molar-refractivity contribution in [3.05, 3.63) is 74.4 Å². The number of benzene rings is 1. The minimum atomic E-state index is -0.358. The molecule has 0 saturated carbocycles. The lowest BCUT2D eigenvalue weighted by Crippen LogP contribution is -2.42. The van der Waals surface area contributed by atoms with Crippen molar-refractivity contribution in [1.82, 2.24) is 29.4 Å². The van der Waals surface area contributed by atoms with E-state index in [9.17, 15) is 9.59 Å². The van der Waals surface area contributed by atoms with Crippen LogP contribution >= 0.6 is 11.3 Å².